The normalized spacial score (nSPS) is 10.0. The Morgan fingerprint density at radius 3 is 2.48 bits per heavy atom. The van der Waals surface area contributed by atoms with Crippen LogP contribution in [0.15, 0.2) is 66.7 Å². The van der Waals surface area contributed by atoms with Gasteiger partial charge in [-0.25, -0.2) is 0 Å². The lowest BCUT2D eigenvalue weighted by Crippen LogP contribution is -2.20. The molecule has 0 aromatic heterocycles. The van der Waals surface area contributed by atoms with E-state index in [9.17, 15) is 4.79 Å². The van der Waals surface area contributed by atoms with Crippen LogP contribution >= 0.6 is 0 Å². The standard InChI is InChI=1S/C19H14N2O2/c20-12-14-5-9-18(10-6-14)23-13-19(22)21-17-8-7-15-3-1-2-4-16(15)11-17/h1-11H,13H2,(H,21,22). The fraction of sp³-hybridized carbons (Fsp3) is 0.0526. The average Bonchev–Trinajstić information content (AvgIpc) is 2.60. The molecule has 4 heteroatoms. The molecule has 0 aliphatic carbocycles. The van der Waals surface area contributed by atoms with Crippen LogP contribution in [0.1, 0.15) is 5.56 Å². The summed E-state index contributed by atoms with van der Waals surface area (Å²) >= 11 is 0. The fourth-order valence-corrected chi connectivity index (χ4v) is 2.24. The number of anilines is 1. The van der Waals surface area contributed by atoms with Crippen molar-refractivity contribution in [3.05, 3.63) is 72.3 Å². The predicted octanol–water partition coefficient (Wildman–Crippen LogP) is 3.73. The van der Waals surface area contributed by atoms with Gasteiger partial charge in [-0.2, -0.15) is 5.26 Å². The summed E-state index contributed by atoms with van der Waals surface area (Å²) in [5, 5.41) is 13.7. The van der Waals surface area contributed by atoms with Crippen molar-refractivity contribution in [1.29, 1.82) is 5.26 Å². The molecule has 0 saturated heterocycles. The van der Waals surface area contributed by atoms with Crippen molar-refractivity contribution in [2.45, 2.75) is 0 Å². The van der Waals surface area contributed by atoms with Crippen molar-refractivity contribution in [1.82, 2.24) is 0 Å². The first-order chi connectivity index (χ1) is 11.2. The minimum absolute atomic E-state index is 0.0846. The number of rotatable bonds is 4. The maximum atomic E-state index is 12.0. The number of fused-ring (bicyclic) bond motifs is 1. The summed E-state index contributed by atoms with van der Waals surface area (Å²) in [4.78, 5) is 12.0. The van der Waals surface area contributed by atoms with E-state index in [4.69, 9.17) is 10.00 Å². The van der Waals surface area contributed by atoms with E-state index in [2.05, 4.69) is 5.32 Å². The number of hydrogen-bond donors (Lipinski definition) is 1. The molecule has 0 spiro atoms. The van der Waals surface area contributed by atoms with Crippen LogP contribution in [0.25, 0.3) is 10.8 Å². The lowest BCUT2D eigenvalue weighted by molar-refractivity contribution is -0.118. The summed E-state index contributed by atoms with van der Waals surface area (Å²) in [7, 11) is 0. The van der Waals surface area contributed by atoms with Crippen LogP contribution in [0.5, 0.6) is 5.75 Å². The van der Waals surface area contributed by atoms with Gasteiger partial charge in [-0.3, -0.25) is 4.79 Å². The molecule has 3 aromatic carbocycles. The first-order valence-corrected chi connectivity index (χ1v) is 7.16. The highest BCUT2D eigenvalue weighted by atomic mass is 16.5. The van der Waals surface area contributed by atoms with E-state index < -0.39 is 0 Å². The van der Waals surface area contributed by atoms with Gasteiger partial charge in [0, 0.05) is 5.69 Å². The van der Waals surface area contributed by atoms with Crippen molar-refractivity contribution >= 4 is 22.4 Å². The van der Waals surface area contributed by atoms with Crippen molar-refractivity contribution in [2.24, 2.45) is 0 Å². The second-order valence-corrected chi connectivity index (χ2v) is 5.03. The molecule has 23 heavy (non-hydrogen) atoms. The van der Waals surface area contributed by atoms with Crippen molar-refractivity contribution in [3.63, 3.8) is 0 Å². The van der Waals surface area contributed by atoms with Gasteiger partial charge in [-0.15, -0.1) is 0 Å². The van der Waals surface area contributed by atoms with Crippen molar-refractivity contribution < 1.29 is 9.53 Å². The third kappa shape index (κ3) is 3.66. The molecule has 4 nitrogen and oxygen atoms in total. The summed E-state index contributed by atoms with van der Waals surface area (Å²) in [5.41, 5.74) is 1.29. The number of ether oxygens (including phenoxy) is 1. The largest absolute Gasteiger partial charge is 0.484 e. The molecule has 3 rings (SSSR count). The lowest BCUT2D eigenvalue weighted by atomic mass is 10.1. The molecule has 112 valence electrons. The van der Waals surface area contributed by atoms with Gasteiger partial charge in [0.15, 0.2) is 6.61 Å². The Morgan fingerprint density at radius 1 is 1.00 bits per heavy atom. The number of nitrogens with zero attached hydrogens (tertiary/aromatic N) is 1. The van der Waals surface area contributed by atoms with Crippen LogP contribution in [0.3, 0.4) is 0 Å². The van der Waals surface area contributed by atoms with E-state index >= 15 is 0 Å². The summed E-state index contributed by atoms with van der Waals surface area (Å²) in [5.74, 6) is 0.322. The predicted molar refractivity (Wildman–Crippen MR) is 89.2 cm³/mol. The Bertz CT molecular complexity index is 880. The van der Waals surface area contributed by atoms with Gasteiger partial charge in [0.1, 0.15) is 5.75 Å². The minimum atomic E-state index is -0.232. The van der Waals surface area contributed by atoms with Crippen LogP contribution < -0.4 is 10.1 Å². The molecule has 0 saturated carbocycles. The van der Waals surface area contributed by atoms with E-state index in [0.29, 0.717) is 11.3 Å². The molecule has 0 aliphatic heterocycles. The minimum Gasteiger partial charge on any atom is -0.484 e. The van der Waals surface area contributed by atoms with Crippen molar-refractivity contribution in [3.8, 4) is 11.8 Å². The smallest absolute Gasteiger partial charge is 0.262 e. The molecule has 0 heterocycles. The Morgan fingerprint density at radius 2 is 1.74 bits per heavy atom. The third-order valence-electron chi connectivity index (χ3n) is 3.39. The van der Waals surface area contributed by atoms with Gasteiger partial charge in [-0.05, 0) is 47.2 Å². The molecule has 0 atom stereocenters. The van der Waals surface area contributed by atoms with E-state index in [0.717, 1.165) is 16.5 Å². The topological polar surface area (TPSA) is 62.1 Å². The number of nitriles is 1. The van der Waals surface area contributed by atoms with Gasteiger partial charge < -0.3 is 10.1 Å². The molecular formula is C19H14N2O2. The lowest BCUT2D eigenvalue weighted by Gasteiger charge is -2.08. The van der Waals surface area contributed by atoms with Gasteiger partial charge in [0.05, 0.1) is 11.6 Å². The fourth-order valence-electron chi connectivity index (χ4n) is 2.24. The second kappa shape index (κ2) is 6.63. The first kappa shape index (κ1) is 14.6. The van der Waals surface area contributed by atoms with Crippen LogP contribution in [-0.2, 0) is 4.79 Å². The molecule has 0 fully saturated rings. The van der Waals surface area contributed by atoms with E-state index in [1.54, 1.807) is 24.3 Å². The Labute approximate surface area is 133 Å². The maximum absolute atomic E-state index is 12.0. The monoisotopic (exact) mass is 302 g/mol. The summed E-state index contributed by atoms with van der Waals surface area (Å²) in [6.45, 7) is -0.0846. The number of amides is 1. The zero-order valence-electron chi connectivity index (χ0n) is 12.3. The molecule has 0 unspecified atom stereocenters. The first-order valence-electron chi connectivity index (χ1n) is 7.16. The number of carbonyl (C=O) groups is 1. The molecule has 0 radical (unpaired) electrons. The summed E-state index contributed by atoms with van der Waals surface area (Å²) in [6.07, 6.45) is 0. The number of nitrogens with one attached hydrogen (secondary N) is 1. The Kier molecular flexibility index (Phi) is 4.21. The second-order valence-electron chi connectivity index (χ2n) is 5.03. The van der Waals surface area contributed by atoms with Crippen LogP contribution in [0.2, 0.25) is 0 Å². The summed E-state index contributed by atoms with van der Waals surface area (Å²) in [6, 6.07) is 22.4. The van der Waals surface area contributed by atoms with Gasteiger partial charge in [-0.1, -0.05) is 30.3 Å². The molecule has 0 aliphatic rings. The highest BCUT2D eigenvalue weighted by Crippen LogP contribution is 2.19. The van der Waals surface area contributed by atoms with E-state index in [1.807, 2.05) is 48.5 Å². The zero-order valence-corrected chi connectivity index (χ0v) is 12.3. The van der Waals surface area contributed by atoms with Crippen LogP contribution in [0.4, 0.5) is 5.69 Å². The molecule has 1 N–H and O–H groups in total. The van der Waals surface area contributed by atoms with Gasteiger partial charge in [0.2, 0.25) is 0 Å². The van der Waals surface area contributed by atoms with Crippen LogP contribution in [-0.4, -0.2) is 12.5 Å². The highest BCUT2D eigenvalue weighted by molar-refractivity contribution is 5.95. The maximum Gasteiger partial charge on any atom is 0.262 e. The molecule has 1 amide bonds. The number of benzene rings is 3. The quantitative estimate of drug-likeness (QED) is 0.798. The van der Waals surface area contributed by atoms with Crippen LogP contribution in [0, 0.1) is 11.3 Å². The Hall–Kier alpha value is -3.32. The molecule has 0 bridgehead atoms. The average molecular weight is 302 g/mol. The molecular weight excluding hydrogens is 288 g/mol. The van der Waals surface area contributed by atoms with Crippen molar-refractivity contribution in [2.75, 3.05) is 11.9 Å². The third-order valence-corrected chi connectivity index (χ3v) is 3.39. The Balaban J connectivity index is 1.60. The number of carbonyl (C=O) groups excluding carboxylic acids is 1. The SMILES string of the molecule is N#Cc1ccc(OCC(=O)Nc2ccc3ccccc3c2)cc1. The summed E-state index contributed by atoms with van der Waals surface area (Å²) < 4.78 is 5.41. The van der Waals surface area contributed by atoms with E-state index in [1.165, 1.54) is 0 Å². The number of hydrogen-bond acceptors (Lipinski definition) is 3. The highest BCUT2D eigenvalue weighted by Gasteiger charge is 2.04. The molecule has 3 aromatic rings. The van der Waals surface area contributed by atoms with Gasteiger partial charge in [0.25, 0.3) is 5.91 Å². The van der Waals surface area contributed by atoms with Gasteiger partial charge >= 0.3 is 0 Å². The zero-order chi connectivity index (χ0) is 16.1. The van der Waals surface area contributed by atoms with E-state index in [-0.39, 0.29) is 12.5 Å².